The normalized spacial score (nSPS) is 11.3. The Morgan fingerprint density at radius 1 is 1.05 bits per heavy atom. The average molecular weight is 602 g/mol. The summed E-state index contributed by atoms with van der Waals surface area (Å²) < 4.78 is 50.4. The number of nitrogens with one attached hydrogen (secondary N) is 1. The number of anilines is 1. The van der Waals surface area contributed by atoms with Crippen molar-refractivity contribution < 1.29 is 42.1 Å². The predicted molar refractivity (Wildman–Crippen MR) is 140 cm³/mol. The standard InChI is InChI=1S/C26H24Cl2F3N3O6/c1-3-4-19-16(24(40-12-20(35)39-2)34(33-19)13-26(29,30)31)11-14-5-7-15(8-6-14)32-23(36)21-17(27)9-10-18(28)22(21)25(37)38/h5-10H,3-4,11-13H2,1-2H3,(H,32,36)(H,37,38). The molecular formula is C26H24Cl2F3N3O6. The quantitative estimate of drug-likeness (QED) is 0.267. The van der Waals surface area contributed by atoms with Crippen molar-refractivity contribution >= 4 is 46.7 Å². The molecule has 0 aliphatic rings. The maximum atomic E-state index is 13.2. The molecule has 0 fully saturated rings. The van der Waals surface area contributed by atoms with Gasteiger partial charge in [-0.15, -0.1) is 0 Å². The first-order valence-corrected chi connectivity index (χ1v) is 12.6. The third kappa shape index (κ3) is 7.66. The van der Waals surface area contributed by atoms with E-state index in [-0.39, 0.29) is 27.9 Å². The molecule has 214 valence electrons. The monoisotopic (exact) mass is 601 g/mol. The van der Waals surface area contributed by atoms with Crippen LogP contribution in [0.5, 0.6) is 5.88 Å². The highest BCUT2D eigenvalue weighted by Gasteiger charge is 2.32. The van der Waals surface area contributed by atoms with Crippen LogP contribution >= 0.6 is 23.2 Å². The number of amides is 1. The summed E-state index contributed by atoms with van der Waals surface area (Å²) in [6.45, 7) is -0.162. The van der Waals surface area contributed by atoms with E-state index in [0.717, 1.165) is 7.11 Å². The van der Waals surface area contributed by atoms with Crippen molar-refractivity contribution in [1.82, 2.24) is 9.78 Å². The highest BCUT2D eigenvalue weighted by Crippen LogP contribution is 2.31. The van der Waals surface area contributed by atoms with E-state index in [1.54, 1.807) is 12.1 Å². The van der Waals surface area contributed by atoms with Crippen molar-refractivity contribution in [2.45, 2.75) is 38.9 Å². The molecule has 1 heterocycles. The van der Waals surface area contributed by atoms with Crippen molar-refractivity contribution in [2.75, 3.05) is 19.0 Å². The van der Waals surface area contributed by atoms with E-state index in [4.69, 9.17) is 27.9 Å². The van der Waals surface area contributed by atoms with Gasteiger partial charge in [0.15, 0.2) is 6.61 Å². The lowest BCUT2D eigenvalue weighted by molar-refractivity contribution is -0.145. The molecular weight excluding hydrogens is 578 g/mol. The Morgan fingerprint density at radius 3 is 2.23 bits per heavy atom. The molecule has 0 saturated heterocycles. The number of carbonyl (C=O) groups excluding carboxylic acids is 2. The largest absolute Gasteiger partial charge is 0.478 e. The molecule has 0 bridgehead atoms. The van der Waals surface area contributed by atoms with Crippen LogP contribution in [0.15, 0.2) is 36.4 Å². The van der Waals surface area contributed by atoms with Gasteiger partial charge in [-0.3, -0.25) is 4.79 Å². The van der Waals surface area contributed by atoms with Gasteiger partial charge >= 0.3 is 18.1 Å². The third-order valence-corrected chi connectivity index (χ3v) is 6.22. The molecule has 1 aromatic heterocycles. The second-order valence-corrected chi connectivity index (χ2v) is 9.34. The number of halogens is 5. The van der Waals surface area contributed by atoms with Gasteiger partial charge in [-0.1, -0.05) is 48.7 Å². The van der Waals surface area contributed by atoms with E-state index in [1.807, 2.05) is 6.92 Å². The minimum atomic E-state index is -4.58. The summed E-state index contributed by atoms with van der Waals surface area (Å²) in [5, 5.41) is 15.9. The number of aromatic carboxylic acids is 1. The van der Waals surface area contributed by atoms with Crippen molar-refractivity contribution in [3.05, 3.63) is 74.4 Å². The van der Waals surface area contributed by atoms with Gasteiger partial charge in [0.05, 0.1) is 34.0 Å². The Balaban J connectivity index is 1.89. The molecule has 40 heavy (non-hydrogen) atoms. The third-order valence-electron chi connectivity index (χ3n) is 5.59. The van der Waals surface area contributed by atoms with Crippen LogP contribution in [0, 0.1) is 0 Å². The smallest absolute Gasteiger partial charge is 0.408 e. The number of benzene rings is 2. The second kappa shape index (κ2) is 13.1. The van der Waals surface area contributed by atoms with E-state index in [2.05, 4.69) is 15.2 Å². The number of hydrogen-bond acceptors (Lipinski definition) is 6. The lowest BCUT2D eigenvalue weighted by Gasteiger charge is -2.13. The minimum Gasteiger partial charge on any atom is -0.478 e. The van der Waals surface area contributed by atoms with E-state index in [9.17, 15) is 32.7 Å². The van der Waals surface area contributed by atoms with Gasteiger partial charge in [0.25, 0.3) is 5.91 Å². The first-order valence-electron chi connectivity index (χ1n) is 11.8. The zero-order valence-electron chi connectivity index (χ0n) is 21.3. The van der Waals surface area contributed by atoms with E-state index >= 15 is 0 Å². The Bertz CT molecular complexity index is 1410. The predicted octanol–water partition coefficient (Wildman–Crippen LogP) is 5.80. The van der Waals surface area contributed by atoms with Crippen LogP contribution in [0.4, 0.5) is 18.9 Å². The number of aromatic nitrogens is 2. The van der Waals surface area contributed by atoms with Gasteiger partial charge in [-0.05, 0) is 36.2 Å². The number of ether oxygens (including phenoxy) is 2. The van der Waals surface area contributed by atoms with Crippen LogP contribution in [-0.2, 0) is 28.9 Å². The summed E-state index contributed by atoms with van der Waals surface area (Å²) in [5.41, 5.74) is 0.951. The molecule has 0 unspecified atom stereocenters. The fraction of sp³-hybridized carbons (Fsp3) is 0.308. The Hall–Kier alpha value is -3.77. The molecule has 0 atom stereocenters. The second-order valence-electron chi connectivity index (χ2n) is 8.53. The van der Waals surface area contributed by atoms with E-state index in [0.29, 0.717) is 40.0 Å². The first kappa shape index (κ1) is 30.8. The van der Waals surface area contributed by atoms with Gasteiger partial charge in [-0.25, -0.2) is 14.3 Å². The average Bonchev–Trinajstić information content (AvgIpc) is 3.18. The van der Waals surface area contributed by atoms with Crippen LogP contribution in [0.1, 0.15) is 50.9 Å². The molecule has 1 amide bonds. The number of alkyl halides is 3. The van der Waals surface area contributed by atoms with E-state index in [1.165, 1.54) is 24.3 Å². The van der Waals surface area contributed by atoms with Crippen molar-refractivity contribution in [1.29, 1.82) is 0 Å². The topological polar surface area (TPSA) is 120 Å². The molecule has 0 radical (unpaired) electrons. The molecule has 2 aromatic carbocycles. The van der Waals surface area contributed by atoms with Crippen LogP contribution < -0.4 is 10.1 Å². The number of hydrogen-bond donors (Lipinski definition) is 2. The van der Waals surface area contributed by atoms with Gasteiger partial charge in [0.1, 0.15) is 6.54 Å². The Kier molecular flexibility index (Phi) is 10.0. The van der Waals surface area contributed by atoms with Gasteiger partial charge in [0, 0.05) is 17.7 Å². The maximum Gasteiger partial charge on any atom is 0.408 e. The molecule has 3 aromatic rings. The molecule has 0 aliphatic heterocycles. The number of nitrogens with zero attached hydrogens (tertiary/aromatic N) is 2. The lowest BCUT2D eigenvalue weighted by Crippen LogP contribution is -2.21. The van der Waals surface area contributed by atoms with Crippen LogP contribution in [0.2, 0.25) is 10.0 Å². The summed E-state index contributed by atoms with van der Waals surface area (Å²) >= 11 is 12.0. The van der Waals surface area contributed by atoms with Gasteiger partial charge < -0.3 is 19.9 Å². The van der Waals surface area contributed by atoms with Crippen LogP contribution in [0.25, 0.3) is 0 Å². The molecule has 3 rings (SSSR count). The Labute approximate surface area is 236 Å². The zero-order valence-corrected chi connectivity index (χ0v) is 22.8. The van der Waals surface area contributed by atoms with Crippen LogP contribution in [-0.4, -0.2) is 52.6 Å². The molecule has 0 spiro atoms. The van der Waals surface area contributed by atoms with Crippen molar-refractivity contribution in [3.63, 3.8) is 0 Å². The molecule has 14 heteroatoms. The molecule has 2 N–H and O–H groups in total. The lowest BCUT2D eigenvalue weighted by atomic mass is 10.0. The summed E-state index contributed by atoms with van der Waals surface area (Å²) in [4.78, 5) is 36.1. The SMILES string of the molecule is CCCc1nn(CC(F)(F)F)c(OCC(=O)OC)c1Cc1ccc(NC(=O)c2c(Cl)ccc(Cl)c2C(=O)O)cc1. The fourth-order valence-corrected chi connectivity index (χ4v) is 4.34. The molecule has 0 aliphatic carbocycles. The Morgan fingerprint density at radius 2 is 1.68 bits per heavy atom. The highest BCUT2D eigenvalue weighted by atomic mass is 35.5. The summed E-state index contributed by atoms with van der Waals surface area (Å²) in [6, 6.07) is 8.87. The number of methoxy groups -OCH3 is 1. The number of carboxylic acids is 1. The highest BCUT2D eigenvalue weighted by molar-refractivity contribution is 6.39. The van der Waals surface area contributed by atoms with Gasteiger partial charge in [-0.2, -0.15) is 18.3 Å². The number of esters is 1. The van der Waals surface area contributed by atoms with Crippen LogP contribution in [0.3, 0.4) is 0 Å². The minimum absolute atomic E-state index is 0.102. The molecule has 0 saturated carbocycles. The fourth-order valence-electron chi connectivity index (χ4n) is 3.86. The van der Waals surface area contributed by atoms with Crippen molar-refractivity contribution in [3.8, 4) is 5.88 Å². The van der Waals surface area contributed by atoms with Gasteiger partial charge in [0.2, 0.25) is 5.88 Å². The van der Waals surface area contributed by atoms with E-state index < -0.39 is 42.7 Å². The number of carbonyl (C=O) groups is 3. The number of rotatable bonds is 11. The zero-order chi connectivity index (χ0) is 29.6. The number of aryl methyl sites for hydroxylation is 1. The number of carboxylic acid groups (broad SMARTS) is 1. The maximum absolute atomic E-state index is 13.2. The molecule has 9 nitrogen and oxygen atoms in total. The summed E-state index contributed by atoms with van der Waals surface area (Å²) in [5.74, 6) is -3.18. The first-order chi connectivity index (χ1) is 18.8. The van der Waals surface area contributed by atoms with Crippen molar-refractivity contribution in [2.24, 2.45) is 0 Å². The summed E-state index contributed by atoms with van der Waals surface area (Å²) in [7, 11) is 1.13. The summed E-state index contributed by atoms with van der Waals surface area (Å²) in [6.07, 6.45) is -3.50.